The average Bonchev–Trinajstić information content (AvgIpc) is 3.01. The van der Waals surface area contributed by atoms with E-state index in [1.807, 2.05) is 6.07 Å². The van der Waals surface area contributed by atoms with Crippen LogP contribution >= 0.6 is 0 Å². The lowest BCUT2D eigenvalue weighted by Crippen LogP contribution is -2.44. The molecule has 0 aromatic carbocycles. The number of carbonyl (C=O) groups excluding carboxylic acids is 1. The van der Waals surface area contributed by atoms with E-state index in [9.17, 15) is 9.18 Å². The monoisotopic (exact) mass is 306 g/mol. The Bertz CT molecular complexity index is 513. The predicted octanol–water partition coefficient (Wildman–Crippen LogP) is 1.45. The lowest BCUT2D eigenvalue weighted by molar-refractivity contribution is 0.0958. The Morgan fingerprint density at radius 1 is 1.27 bits per heavy atom. The average molecular weight is 306 g/mol. The molecule has 2 fully saturated rings. The molecule has 0 aliphatic carbocycles. The molecule has 1 aromatic heterocycles. The molecule has 0 radical (unpaired) electrons. The maximum absolute atomic E-state index is 13.3. The smallest absolute Gasteiger partial charge is 0.269 e. The Labute approximate surface area is 130 Å². The van der Waals surface area contributed by atoms with Gasteiger partial charge in [0, 0.05) is 39.3 Å². The van der Waals surface area contributed by atoms with Crippen LogP contribution in [0, 0.1) is 0 Å². The van der Waals surface area contributed by atoms with Crippen molar-refractivity contribution in [1.29, 1.82) is 0 Å². The number of hydrogen-bond acceptors (Lipinski definition) is 4. The fraction of sp³-hybridized carbons (Fsp3) is 0.625. The topological polar surface area (TPSA) is 48.5 Å². The second-order valence-electron chi connectivity index (χ2n) is 6.08. The van der Waals surface area contributed by atoms with Gasteiger partial charge in [-0.15, -0.1) is 0 Å². The van der Waals surface area contributed by atoms with Crippen LogP contribution in [0.25, 0.3) is 0 Å². The van der Waals surface area contributed by atoms with Gasteiger partial charge in [-0.3, -0.25) is 9.69 Å². The van der Waals surface area contributed by atoms with E-state index in [4.69, 9.17) is 0 Å². The highest BCUT2D eigenvalue weighted by Gasteiger charge is 2.30. The van der Waals surface area contributed by atoms with Crippen LogP contribution in [0.2, 0.25) is 0 Å². The maximum Gasteiger partial charge on any atom is 0.269 e. The number of amides is 1. The van der Waals surface area contributed by atoms with E-state index >= 15 is 0 Å². The van der Waals surface area contributed by atoms with E-state index in [0.717, 1.165) is 38.2 Å². The SMILES string of the molecule is CNC(=O)c1ccc(N2CCC(N3CCC(F)C3)CC2)cn1. The van der Waals surface area contributed by atoms with E-state index in [2.05, 4.69) is 20.1 Å². The first-order chi connectivity index (χ1) is 10.7. The van der Waals surface area contributed by atoms with Gasteiger partial charge in [0.05, 0.1) is 11.9 Å². The minimum Gasteiger partial charge on any atom is -0.370 e. The normalized spacial score (nSPS) is 23.7. The molecule has 3 rings (SSSR count). The molecule has 2 saturated heterocycles. The highest BCUT2D eigenvalue weighted by molar-refractivity contribution is 5.92. The molecule has 1 unspecified atom stereocenters. The third-order valence-electron chi connectivity index (χ3n) is 4.72. The number of anilines is 1. The molecule has 2 aliphatic rings. The molecule has 1 atom stereocenters. The summed E-state index contributed by atoms with van der Waals surface area (Å²) in [7, 11) is 1.60. The number of piperidine rings is 1. The number of halogens is 1. The highest BCUT2D eigenvalue weighted by Crippen LogP contribution is 2.25. The van der Waals surface area contributed by atoms with Crippen LogP contribution in [-0.4, -0.2) is 61.2 Å². The summed E-state index contributed by atoms with van der Waals surface area (Å²) >= 11 is 0. The number of likely N-dealkylation sites (tertiary alicyclic amines) is 1. The molecule has 1 aromatic rings. The van der Waals surface area contributed by atoms with Gasteiger partial charge >= 0.3 is 0 Å². The molecular weight excluding hydrogens is 283 g/mol. The largest absolute Gasteiger partial charge is 0.370 e. The zero-order valence-corrected chi connectivity index (χ0v) is 13.0. The van der Waals surface area contributed by atoms with E-state index in [1.54, 1.807) is 19.3 Å². The zero-order valence-electron chi connectivity index (χ0n) is 13.0. The molecule has 1 amide bonds. The Morgan fingerprint density at radius 2 is 2.05 bits per heavy atom. The summed E-state index contributed by atoms with van der Waals surface area (Å²) < 4.78 is 13.3. The van der Waals surface area contributed by atoms with Gasteiger partial charge in [-0.1, -0.05) is 0 Å². The lowest BCUT2D eigenvalue weighted by Gasteiger charge is -2.37. The van der Waals surface area contributed by atoms with Crippen molar-refractivity contribution in [3.8, 4) is 0 Å². The molecule has 120 valence electrons. The van der Waals surface area contributed by atoms with E-state index in [-0.39, 0.29) is 5.91 Å². The van der Waals surface area contributed by atoms with E-state index in [0.29, 0.717) is 24.7 Å². The summed E-state index contributed by atoms with van der Waals surface area (Å²) in [6.45, 7) is 3.42. The number of nitrogens with zero attached hydrogens (tertiary/aromatic N) is 3. The third kappa shape index (κ3) is 3.21. The number of alkyl halides is 1. The second kappa shape index (κ2) is 6.60. The van der Waals surface area contributed by atoms with Gasteiger partial charge in [0.2, 0.25) is 0 Å². The van der Waals surface area contributed by atoms with Gasteiger partial charge in [0.15, 0.2) is 0 Å². The molecule has 5 nitrogen and oxygen atoms in total. The van der Waals surface area contributed by atoms with Gasteiger partial charge in [0.25, 0.3) is 5.91 Å². The molecule has 2 aliphatic heterocycles. The van der Waals surface area contributed by atoms with Crippen molar-refractivity contribution in [1.82, 2.24) is 15.2 Å². The van der Waals surface area contributed by atoms with Crippen molar-refractivity contribution in [2.75, 3.05) is 38.1 Å². The number of aromatic nitrogens is 1. The molecule has 1 N–H and O–H groups in total. The Balaban J connectivity index is 1.56. The summed E-state index contributed by atoms with van der Waals surface area (Å²) in [5.41, 5.74) is 1.49. The quantitative estimate of drug-likeness (QED) is 0.918. The standard InChI is InChI=1S/C16H23FN4O/c1-18-16(22)15-3-2-14(10-19-15)20-8-5-13(6-9-20)21-7-4-12(17)11-21/h2-3,10,12-13H,4-9,11H2,1H3,(H,18,22). The minimum atomic E-state index is -0.639. The third-order valence-corrected chi connectivity index (χ3v) is 4.72. The maximum atomic E-state index is 13.3. The van der Waals surface area contributed by atoms with Crippen LogP contribution in [0.4, 0.5) is 10.1 Å². The summed E-state index contributed by atoms with van der Waals surface area (Å²) in [5.74, 6) is -0.167. The molecule has 3 heterocycles. The molecule has 0 saturated carbocycles. The Hall–Kier alpha value is -1.69. The van der Waals surface area contributed by atoms with Crippen molar-refractivity contribution in [3.63, 3.8) is 0 Å². The summed E-state index contributed by atoms with van der Waals surface area (Å²) in [6, 6.07) is 4.22. The van der Waals surface area contributed by atoms with Crippen molar-refractivity contribution in [2.45, 2.75) is 31.5 Å². The molecule has 22 heavy (non-hydrogen) atoms. The van der Waals surface area contributed by atoms with Crippen LogP contribution in [0.5, 0.6) is 0 Å². The number of pyridine rings is 1. The van der Waals surface area contributed by atoms with E-state index < -0.39 is 6.17 Å². The van der Waals surface area contributed by atoms with Crippen molar-refractivity contribution in [2.24, 2.45) is 0 Å². The van der Waals surface area contributed by atoms with Crippen LogP contribution in [0.1, 0.15) is 29.8 Å². The number of rotatable bonds is 3. The van der Waals surface area contributed by atoms with Crippen LogP contribution in [0.15, 0.2) is 18.3 Å². The van der Waals surface area contributed by atoms with Crippen LogP contribution < -0.4 is 10.2 Å². The first kappa shape index (κ1) is 15.2. The molecule has 6 heteroatoms. The van der Waals surface area contributed by atoms with Crippen LogP contribution in [0.3, 0.4) is 0 Å². The van der Waals surface area contributed by atoms with Gasteiger partial charge in [0.1, 0.15) is 11.9 Å². The summed E-state index contributed by atoms with van der Waals surface area (Å²) in [6.07, 6.45) is 3.93. The molecular formula is C16H23FN4O. The summed E-state index contributed by atoms with van der Waals surface area (Å²) in [5, 5.41) is 2.57. The number of nitrogens with one attached hydrogen (secondary N) is 1. The summed E-state index contributed by atoms with van der Waals surface area (Å²) in [4.78, 5) is 20.3. The Morgan fingerprint density at radius 3 is 2.59 bits per heavy atom. The fourth-order valence-corrected chi connectivity index (χ4v) is 3.40. The predicted molar refractivity (Wildman–Crippen MR) is 83.9 cm³/mol. The first-order valence-corrected chi connectivity index (χ1v) is 7.98. The van der Waals surface area contributed by atoms with Gasteiger partial charge in [-0.05, 0) is 31.4 Å². The minimum absolute atomic E-state index is 0.167. The van der Waals surface area contributed by atoms with Gasteiger partial charge in [-0.2, -0.15) is 0 Å². The lowest BCUT2D eigenvalue weighted by atomic mass is 10.0. The Kier molecular flexibility index (Phi) is 4.57. The van der Waals surface area contributed by atoms with Crippen molar-refractivity contribution >= 4 is 11.6 Å². The van der Waals surface area contributed by atoms with Gasteiger partial charge in [-0.25, -0.2) is 9.37 Å². The molecule has 0 bridgehead atoms. The number of hydrogen-bond donors (Lipinski definition) is 1. The van der Waals surface area contributed by atoms with Crippen molar-refractivity contribution in [3.05, 3.63) is 24.0 Å². The molecule has 0 spiro atoms. The van der Waals surface area contributed by atoms with Gasteiger partial charge < -0.3 is 10.2 Å². The fourth-order valence-electron chi connectivity index (χ4n) is 3.40. The first-order valence-electron chi connectivity index (χ1n) is 7.98. The highest BCUT2D eigenvalue weighted by atomic mass is 19.1. The van der Waals surface area contributed by atoms with Crippen LogP contribution in [-0.2, 0) is 0 Å². The van der Waals surface area contributed by atoms with Crippen molar-refractivity contribution < 1.29 is 9.18 Å². The second-order valence-corrected chi connectivity index (χ2v) is 6.08. The van der Waals surface area contributed by atoms with E-state index in [1.165, 1.54) is 0 Å². The zero-order chi connectivity index (χ0) is 15.5. The number of carbonyl (C=O) groups is 1.